The van der Waals surface area contributed by atoms with Crippen LogP contribution in [0.15, 0.2) is 12.3 Å². The average Bonchev–Trinajstić information content (AvgIpc) is 3.21. The third kappa shape index (κ3) is 3.47. The third-order valence-electron chi connectivity index (χ3n) is 6.37. The topological polar surface area (TPSA) is 62.5 Å². The zero-order valence-corrected chi connectivity index (χ0v) is 17.6. The highest BCUT2D eigenvalue weighted by atomic mass is 19.4. The van der Waals surface area contributed by atoms with Crippen LogP contribution in [0.1, 0.15) is 47.5 Å². The quantitative estimate of drug-likeness (QED) is 0.617. The van der Waals surface area contributed by atoms with Crippen LogP contribution >= 0.6 is 0 Å². The number of aryl methyl sites for hydroxylation is 1. The van der Waals surface area contributed by atoms with Crippen LogP contribution in [0.3, 0.4) is 0 Å². The van der Waals surface area contributed by atoms with Crippen LogP contribution < -0.4 is 9.80 Å². The molecule has 0 atom stereocenters. The Kier molecular flexibility index (Phi) is 4.75. The van der Waals surface area contributed by atoms with Gasteiger partial charge in [-0.15, -0.1) is 15.3 Å². The number of halogens is 3. The predicted molar refractivity (Wildman–Crippen MR) is 110 cm³/mol. The summed E-state index contributed by atoms with van der Waals surface area (Å²) in [5, 5.41) is 11.4. The number of aromatic nitrogens is 5. The first-order chi connectivity index (χ1) is 14.8. The second-order valence-electron chi connectivity index (χ2n) is 8.35. The number of piperidine rings is 1. The summed E-state index contributed by atoms with van der Waals surface area (Å²) >= 11 is 0. The Bertz CT molecular complexity index is 1130. The number of fused-ring (bicyclic) bond motifs is 2. The zero-order valence-electron chi connectivity index (χ0n) is 17.6. The van der Waals surface area contributed by atoms with E-state index >= 15 is 0 Å². The molecule has 3 aromatic rings. The van der Waals surface area contributed by atoms with Crippen LogP contribution in [0, 0.1) is 13.8 Å². The number of hydrogen-bond donors (Lipinski definition) is 0. The molecule has 5 heterocycles. The maximum Gasteiger partial charge on any atom is 0.453 e. The normalized spacial score (nSPS) is 17.3. The summed E-state index contributed by atoms with van der Waals surface area (Å²) in [6, 6.07) is 2.18. The van der Waals surface area contributed by atoms with Crippen molar-refractivity contribution in [3.05, 3.63) is 40.5 Å². The highest BCUT2D eigenvalue weighted by molar-refractivity contribution is 5.60. The van der Waals surface area contributed by atoms with Crippen LogP contribution in [0.25, 0.3) is 5.65 Å². The number of nitrogens with zero attached hydrogens (tertiary/aromatic N) is 7. The van der Waals surface area contributed by atoms with Crippen molar-refractivity contribution in [2.45, 2.75) is 52.3 Å². The van der Waals surface area contributed by atoms with Gasteiger partial charge in [-0.1, -0.05) is 0 Å². The van der Waals surface area contributed by atoms with Gasteiger partial charge in [-0.25, -0.2) is 0 Å². The lowest BCUT2D eigenvalue weighted by Crippen LogP contribution is -2.34. The molecule has 5 rings (SSSR count). The van der Waals surface area contributed by atoms with Crippen molar-refractivity contribution in [2.75, 3.05) is 29.4 Å². The SMILES string of the molecule is Cc1c(N2CCc3ncc(N4CCCCC4)cc3C2)nn2c(C(F)(F)F)nnc2c1C. The summed E-state index contributed by atoms with van der Waals surface area (Å²) in [7, 11) is 0. The van der Waals surface area contributed by atoms with Gasteiger partial charge in [0.15, 0.2) is 11.5 Å². The summed E-state index contributed by atoms with van der Waals surface area (Å²) in [4.78, 5) is 9.08. The second-order valence-corrected chi connectivity index (χ2v) is 8.35. The van der Waals surface area contributed by atoms with Gasteiger partial charge in [0.2, 0.25) is 0 Å². The Hall–Kier alpha value is -2.91. The molecule has 1 fully saturated rings. The van der Waals surface area contributed by atoms with E-state index in [0.717, 1.165) is 46.5 Å². The van der Waals surface area contributed by atoms with Crippen LogP contribution in [0.4, 0.5) is 24.7 Å². The van der Waals surface area contributed by atoms with Crippen molar-refractivity contribution >= 4 is 17.2 Å². The third-order valence-corrected chi connectivity index (χ3v) is 6.37. The van der Waals surface area contributed by atoms with Crippen molar-refractivity contribution in [3.8, 4) is 0 Å². The first kappa shape index (κ1) is 20.0. The molecule has 0 amide bonds. The van der Waals surface area contributed by atoms with E-state index in [4.69, 9.17) is 0 Å². The average molecular weight is 431 g/mol. The molecule has 0 radical (unpaired) electrons. The van der Waals surface area contributed by atoms with Gasteiger partial charge in [-0.3, -0.25) is 4.98 Å². The van der Waals surface area contributed by atoms with Crippen LogP contribution in [-0.2, 0) is 19.1 Å². The number of anilines is 2. The van der Waals surface area contributed by atoms with E-state index in [0.29, 0.717) is 24.5 Å². The number of alkyl halides is 3. The fourth-order valence-corrected chi connectivity index (χ4v) is 4.51. The smallest absolute Gasteiger partial charge is 0.370 e. The lowest BCUT2D eigenvalue weighted by Gasteiger charge is -2.33. The minimum absolute atomic E-state index is 0.139. The molecule has 10 heteroatoms. The van der Waals surface area contributed by atoms with E-state index in [9.17, 15) is 13.2 Å². The Labute approximate surface area is 177 Å². The highest BCUT2D eigenvalue weighted by Gasteiger charge is 2.38. The number of rotatable bonds is 2. The van der Waals surface area contributed by atoms with Crippen molar-refractivity contribution in [1.29, 1.82) is 0 Å². The molecular weight excluding hydrogens is 407 g/mol. The first-order valence-electron chi connectivity index (χ1n) is 10.6. The lowest BCUT2D eigenvalue weighted by molar-refractivity contribution is -0.146. The molecule has 0 unspecified atom stereocenters. The van der Waals surface area contributed by atoms with Gasteiger partial charge in [0.1, 0.15) is 0 Å². The van der Waals surface area contributed by atoms with E-state index in [1.807, 2.05) is 18.0 Å². The number of pyridine rings is 1. The molecular formula is C21H24F3N7. The largest absolute Gasteiger partial charge is 0.453 e. The highest BCUT2D eigenvalue weighted by Crippen LogP contribution is 2.32. The molecule has 0 saturated carbocycles. The van der Waals surface area contributed by atoms with E-state index in [1.54, 1.807) is 6.92 Å². The molecule has 2 aliphatic heterocycles. The van der Waals surface area contributed by atoms with Gasteiger partial charge >= 0.3 is 6.18 Å². The second kappa shape index (κ2) is 7.35. The van der Waals surface area contributed by atoms with E-state index in [1.165, 1.54) is 19.3 Å². The summed E-state index contributed by atoms with van der Waals surface area (Å²) in [5.41, 5.74) is 4.88. The maximum absolute atomic E-state index is 13.4. The first-order valence-corrected chi connectivity index (χ1v) is 10.6. The van der Waals surface area contributed by atoms with Gasteiger partial charge in [0, 0.05) is 49.4 Å². The summed E-state index contributed by atoms with van der Waals surface area (Å²) < 4.78 is 41.0. The lowest BCUT2D eigenvalue weighted by atomic mass is 10.0. The Balaban J connectivity index is 1.51. The molecule has 164 valence electrons. The van der Waals surface area contributed by atoms with E-state index in [2.05, 4.69) is 31.2 Å². The Morgan fingerprint density at radius 2 is 1.71 bits per heavy atom. The predicted octanol–water partition coefficient (Wildman–Crippen LogP) is 3.71. The van der Waals surface area contributed by atoms with Gasteiger partial charge in [-0.05, 0) is 44.7 Å². The molecule has 1 saturated heterocycles. The number of hydrogen-bond acceptors (Lipinski definition) is 6. The van der Waals surface area contributed by atoms with Crippen molar-refractivity contribution in [1.82, 2.24) is 24.8 Å². The molecule has 0 bridgehead atoms. The molecule has 2 aliphatic rings. The van der Waals surface area contributed by atoms with E-state index in [-0.39, 0.29) is 5.65 Å². The molecule has 0 aliphatic carbocycles. The fourth-order valence-electron chi connectivity index (χ4n) is 4.51. The van der Waals surface area contributed by atoms with Crippen molar-refractivity contribution in [2.24, 2.45) is 0 Å². The summed E-state index contributed by atoms with van der Waals surface area (Å²) in [6.45, 7) is 6.91. The molecule has 0 aromatic carbocycles. The molecule has 0 N–H and O–H groups in total. The van der Waals surface area contributed by atoms with Crippen LogP contribution in [0.5, 0.6) is 0 Å². The molecule has 7 nitrogen and oxygen atoms in total. The Morgan fingerprint density at radius 1 is 0.935 bits per heavy atom. The van der Waals surface area contributed by atoms with Crippen molar-refractivity contribution in [3.63, 3.8) is 0 Å². The molecule has 0 spiro atoms. The maximum atomic E-state index is 13.4. The van der Waals surface area contributed by atoms with Crippen molar-refractivity contribution < 1.29 is 13.2 Å². The fraction of sp³-hybridized carbons (Fsp3) is 0.524. The van der Waals surface area contributed by atoms with Gasteiger partial charge < -0.3 is 9.80 Å². The van der Waals surface area contributed by atoms with Gasteiger partial charge in [0.25, 0.3) is 5.82 Å². The molecule has 3 aromatic heterocycles. The summed E-state index contributed by atoms with van der Waals surface area (Å²) in [6.07, 6.45) is 1.69. The van der Waals surface area contributed by atoms with Gasteiger partial charge in [-0.2, -0.15) is 17.7 Å². The van der Waals surface area contributed by atoms with Crippen LogP contribution in [0.2, 0.25) is 0 Å². The van der Waals surface area contributed by atoms with Gasteiger partial charge in [0.05, 0.1) is 11.9 Å². The Morgan fingerprint density at radius 3 is 2.45 bits per heavy atom. The summed E-state index contributed by atoms with van der Waals surface area (Å²) in [5.74, 6) is -0.567. The minimum Gasteiger partial charge on any atom is -0.370 e. The minimum atomic E-state index is -4.62. The standard InChI is InChI=1S/C21H24F3N7/c1-13-14(2)19(28-31-18(13)26-27-20(31)21(22,23)24)30-9-6-17-15(12-30)10-16(11-25-17)29-7-4-3-5-8-29/h10-11H,3-9,12H2,1-2H3. The van der Waals surface area contributed by atoms with E-state index < -0.39 is 12.0 Å². The monoisotopic (exact) mass is 431 g/mol. The molecule has 31 heavy (non-hydrogen) atoms. The van der Waals surface area contributed by atoms with Crippen LogP contribution in [-0.4, -0.2) is 44.4 Å². The zero-order chi connectivity index (χ0) is 21.8.